The monoisotopic (exact) mass is 341 g/mol. The molecule has 2 rings (SSSR count). The highest BCUT2D eigenvalue weighted by atomic mass is 16.6. The highest BCUT2D eigenvalue weighted by Gasteiger charge is 2.08. The van der Waals surface area contributed by atoms with E-state index in [1.165, 1.54) is 12.1 Å². The molecule has 0 fully saturated rings. The third kappa shape index (κ3) is 4.87. The summed E-state index contributed by atoms with van der Waals surface area (Å²) >= 11 is 0. The number of rotatable bonds is 6. The maximum Gasteiger partial charge on any atom is 0.277 e. The van der Waals surface area contributed by atoms with Gasteiger partial charge in [0.25, 0.3) is 11.6 Å². The van der Waals surface area contributed by atoms with Crippen LogP contribution in [0.3, 0.4) is 0 Å². The van der Waals surface area contributed by atoms with Gasteiger partial charge in [-0.1, -0.05) is 18.2 Å². The summed E-state index contributed by atoms with van der Waals surface area (Å²) in [5.41, 5.74) is 5.55. The highest BCUT2D eigenvalue weighted by molar-refractivity contribution is 5.99. The molecule has 0 saturated heterocycles. The molecular formula is C18H19N3O4. The molecule has 0 aliphatic heterocycles. The number of non-ortho nitro benzene ring substituents is 1. The number of hydrogen-bond acceptors (Lipinski definition) is 5. The lowest BCUT2D eigenvalue weighted by atomic mass is 10.1. The fourth-order valence-corrected chi connectivity index (χ4v) is 2.23. The van der Waals surface area contributed by atoms with Crippen LogP contribution in [0.1, 0.15) is 23.6 Å². The van der Waals surface area contributed by atoms with Gasteiger partial charge in [0.1, 0.15) is 5.75 Å². The minimum Gasteiger partial charge on any atom is -0.483 e. The predicted molar refractivity (Wildman–Crippen MR) is 94.9 cm³/mol. The van der Waals surface area contributed by atoms with Crippen molar-refractivity contribution in [3.63, 3.8) is 0 Å². The first kappa shape index (κ1) is 18.1. The average Bonchev–Trinajstić information content (AvgIpc) is 2.59. The summed E-state index contributed by atoms with van der Waals surface area (Å²) < 4.78 is 5.55. The molecule has 0 aliphatic carbocycles. The Morgan fingerprint density at radius 2 is 1.76 bits per heavy atom. The standard InChI is InChI=1S/C18H19N3O4/c1-12-5-4-6-13(2)18(12)25-11-17(22)20-19-14(3)15-7-9-16(10-8-15)21(23)24/h4-10H,11H2,1-3H3,(H,20,22). The molecule has 0 radical (unpaired) electrons. The Bertz CT molecular complexity index is 793. The molecule has 2 aromatic carbocycles. The van der Waals surface area contributed by atoms with Crippen molar-refractivity contribution in [2.75, 3.05) is 6.61 Å². The maximum atomic E-state index is 11.9. The summed E-state index contributed by atoms with van der Waals surface area (Å²) in [4.78, 5) is 22.1. The number of aryl methyl sites for hydroxylation is 2. The molecule has 0 bridgehead atoms. The lowest BCUT2D eigenvalue weighted by molar-refractivity contribution is -0.384. The predicted octanol–water partition coefficient (Wildman–Crippen LogP) is 3.13. The second-order valence-electron chi connectivity index (χ2n) is 5.55. The minimum absolute atomic E-state index is 0.00239. The molecule has 0 saturated carbocycles. The Balaban J connectivity index is 1.94. The van der Waals surface area contributed by atoms with Crippen molar-refractivity contribution in [3.8, 4) is 5.75 Å². The van der Waals surface area contributed by atoms with Crippen LogP contribution in [-0.4, -0.2) is 23.1 Å². The van der Waals surface area contributed by atoms with Crippen molar-refractivity contribution < 1.29 is 14.5 Å². The van der Waals surface area contributed by atoms with E-state index >= 15 is 0 Å². The molecule has 0 heterocycles. The van der Waals surface area contributed by atoms with Crippen molar-refractivity contribution in [2.24, 2.45) is 5.10 Å². The van der Waals surface area contributed by atoms with Gasteiger partial charge in [0.05, 0.1) is 10.6 Å². The van der Waals surface area contributed by atoms with Crippen molar-refractivity contribution in [3.05, 3.63) is 69.3 Å². The van der Waals surface area contributed by atoms with Gasteiger partial charge in [-0.25, -0.2) is 5.43 Å². The SMILES string of the molecule is CC(=NNC(=O)COc1c(C)cccc1C)c1ccc([N+](=O)[O-])cc1. The second-order valence-corrected chi connectivity index (χ2v) is 5.55. The fraction of sp³-hybridized carbons (Fsp3) is 0.222. The number of nitro groups is 1. The molecule has 7 nitrogen and oxygen atoms in total. The van der Waals surface area contributed by atoms with Gasteiger partial charge < -0.3 is 4.74 Å². The number of benzene rings is 2. The van der Waals surface area contributed by atoms with E-state index in [0.717, 1.165) is 11.1 Å². The fourth-order valence-electron chi connectivity index (χ4n) is 2.23. The normalized spacial score (nSPS) is 11.1. The number of carbonyl (C=O) groups is 1. The van der Waals surface area contributed by atoms with Crippen molar-refractivity contribution in [1.82, 2.24) is 5.43 Å². The van der Waals surface area contributed by atoms with Crippen molar-refractivity contribution >= 4 is 17.3 Å². The van der Waals surface area contributed by atoms with Gasteiger partial charge in [0.15, 0.2) is 6.61 Å². The van der Waals surface area contributed by atoms with E-state index in [9.17, 15) is 14.9 Å². The van der Waals surface area contributed by atoms with E-state index in [0.29, 0.717) is 17.0 Å². The lowest BCUT2D eigenvalue weighted by Gasteiger charge is -2.11. The Hall–Kier alpha value is -3.22. The molecule has 0 spiro atoms. The van der Waals surface area contributed by atoms with Crippen LogP contribution in [-0.2, 0) is 4.79 Å². The zero-order chi connectivity index (χ0) is 18.4. The molecule has 0 aromatic heterocycles. The highest BCUT2D eigenvalue weighted by Crippen LogP contribution is 2.22. The summed E-state index contributed by atoms with van der Waals surface area (Å²) in [6.45, 7) is 5.38. The zero-order valence-corrected chi connectivity index (χ0v) is 14.3. The molecule has 0 unspecified atom stereocenters. The first-order chi connectivity index (χ1) is 11.9. The summed E-state index contributed by atoms with van der Waals surface area (Å²) in [5, 5.41) is 14.6. The van der Waals surface area contributed by atoms with Crippen LogP contribution in [0.2, 0.25) is 0 Å². The molecule has 1 N–H and O–H groups in total. The number of hydrazone groups is 1. The number of amides is 1. The largest absolute Gasteiger partial charge is 0.483 e. The molecule has 25 heavy (non-hydrogen) atoms. The first-order valence-corrected chi connectivity index (χ1v) is 7.65. The van der Waals surface area contributed by atoms with E-state index in [2.05, 4.69) is 10.5 Å². The third-order valence-corrected chi connectivity index (χ3v) is 3.60. The number of nitro benzene ring substituents is 1. The average molecular weight is 341 g/mol. The zero-order valence-electron chi connectivity index (χ0n) is 14.3. The molecule has 0 atom stereocenters. The number of nitrogens with one attached hydrogen (secondary N) is 1. The lowest BCUT2D eigenvalue weighted by Crippen LogP contribution is -2.26. The quantitative estimate of drug-likeness (QED) is 0.496. The van der Waals surface area contributed by atoms with Crippen LogP contribution < -0.4 is 10.2 Å². The molecule has 1 amide bonds. The smallest absolute Gasteiger partial charge is 0.277 e. The van der Waals surface area contributed by atoms with Gasteiger partial charge >= 0.3 is 0 Å². The Morgan fingerprint density at radius 3 is 2.32 bits per heavy atom. The summed E-state index contributed by atoms with van der Waals surface area (Å²) in [5.74, 6) is 0.303. The first-order valence-electron chi connectivity index (χ1n) is 7.65. The van der Waals surface area contributed by atoms with Gasteiger partial charge in [-0.15, -0.1) is 0 Å². The third-order valence-electron chi connectivity index (χ3n) is 3.60. The van der Waals surface area contributed by atoms with E-state index < -0.39 is 4.92 Å². The van der Waals surface area contributed by atoms with E-state index in [1.54, 1.807) is 19.1 Å². The van der Waals surface area contributed by atoms with E-state index in [4.69, 9.17) is 4.74 Å². The summed E-state index contributed by atoms with van der Waals surface area (Å²) in [7, 11) is 0. The van der Waals surface area contributed by atoms with Crippen molar-refractivity contribution in [2.45, 2.75) is 20.8 Å². The molecule has 0 aliphatic rings. The van der Waals surface area contributed by atoms with Crippen LogP contribution in [0.25, 0.3) is 0 Å². The summed E-state index contributed by atoms with van der Waals surface area (Å²) in [6, 6.07) is 11.7. The van der Waals surface area contributed by atoms with Crippen LogP contribution in [0.5, 0.6) is 5.75 Å². The Morgan fingerprint density at radius 1 is 1.16 bits per heavy atom. The van der Waals surface area contributed by atoms with Gasteiger partial charge in [-0.2, -0.15) is 5.10 Å². The number of hydrogen-bond donors (Lipinski definition) is 1. The van der Waals surface area contributed by atoms with Crippen LogP contribution >= 0.6 is 0 Å². The van der Waals surface area contributed by atoms with Gasteiger partial charge in [-0.3, -0.25) is 14.9 Å². The molecule has 130 valence electrons. The van der Waals surface area contributed by atoms with E-state index in [-0.39, 0.29) is 18.2 Å². The number of ether oxygens (including phenoxy) is 1. The molecule has 2 aromatic rings. The van der Waals surface area contributed by atoms with Crippen molar-refractivity contribution in [1.29, 1.82) is 0 Å². The Kier molecular flexibility index (Phi) is 5.84. The maximum absolute atomic E-state index is 11.9. The number of carbonyl (C=O) groups excluding carboxylic acids is 1. The van der Waals surface area contributed by atoms with Crippen LogP contribution in [0.15, 0.2) is 47.6 Å². The number of para-hydroxylation sites is 1. The minimum atomic E-state index is -0.469. The number of nitrogens with zero attached hydrogens (tertiary/aromatic N) is 2. The molecular weight excluding hydrogens is 322 g/mol. The second kappa shape index (κ2) is 8.05. The van der Waals surface area contributed by atoms with Gasteiger partial charge in [0, 0.05) is 12.1 Å². The van der Waals surface area contributed by atoms with E-state index in [1.807, 2.05) is 32.0 Å². The van der Waals surface area contributed by atoms with Crippen LogP contribution in [0.4, 0.5) is 5.69 Å². The molecule has 7 heteroatoms. The Labute approximate surface area is 145 Å². The van der Waals surface area contributed by atoms with Crippen LogP contribution in [0, 0.1) is 24.0 Å². The topological polar surface area (TPSA) is 93.8 Å². The van der Waals surface area contributed by atoms with Gasteiger partial charge in [0.2, 0.25) is 0 Å². The summed E-state index contributed by atoms with van der Waals surface area (Å²) in [6.07, 6.45) is 0. The van der Waals surface area contributed by atoms with Gasteiger partial charge in [-0.05, 0) is 49.6 Å².